The number of carbonyl (C=O) groups is 1. The number of hydrogen-bond acceptors (Lipinski definition) is 5. The van der Waals surface area contributed by atoms with Gasteiger partial charge < -0.3 is 10.6 Å². The normalized spacial score (nSPS) is 10.6. The van der Waals surface area contributed by atoms with E-state index in [-0.39, 0.29) is 11.9 Å². The van der Waals surface area contributed by atoms with E-state index in [0.29, 0.717) is 22.6 Å². The standard InChI is InChI=1S/C17H18N6O/c1-11(2)21-15-7-6-12(9-19-15)17(24)22-14-10-20-23-16(14)13-5-3-4-8-18-13/h3-11H,1-2H3,(H,19,21)(H,20,23)(H,22,24). The molecule has 0 unspecified atom stereocenters. The van der Waals surface area contributed by atoms with Crippen molar-refractivity contribution in [1.82, 2.24) is 20.2 Å². The second-order valence-corrected chi connectivity index (χ2v) is 5.56. The van der Waals surface area contributed by atoms with Crippen molar-refractivity contribution in [1.29, 1.82) is 0 Å². The zero-order valence-corrected chi connectivity index (χ0v) is 13.4. The highest BCUT2D eigenvalue weighted by molar-refractivity contribution is 6.05. The third-order valence-electron chi connectivity index (χ3n) is 3.27. The molecule has 0 saturated heterocycles. The molecule has 0 bridgehead atoms. The lowest BCUT2D eigenvalue weighted by Crippen LogP contribution is -2.14. The van der Waals surface area contributed by atoms with Crippen molar-refractivity contribution in [2.45, 2.75) is 19.9 Å². The Kier molecular flexibility index (Phi) is 4.51. The van der Waals surface area contributed by atoms with Crippen molar-refractivity contribution in [3.63, 3.8) is 0 Å². The molecule has 0 aromatic carbocycles. The van der Waals surface area contributed by atoms with E-state index in [9.17, 15) is 4.79 Å². The molecule has 1 amide bonds. The molecular formula is C17H18N6O. The number of amides is 1. The molecule has 0 saturated carbocycles. The van der Waals surface area contributed by atoms with Crippen molar-refractivity contribution in [3.8, 4) is 11.4 Å². The van der Waals surface area contributed by atoms with Crippen molar-refractivity contribution in [2.24, 2.45) is 0 Å². The zero-order chi connectivity index (χ0) is 16.9. The number of nitrogens with zero attached hydrogens (tertiary/aromatic N) is 3. The van der Waals surface area contributed by atoms with E-state index in [2.05, 4.69) is 30.8 Å². The van der Waals surface area contributed by atoms with Crippen LogP contribution in [0.1, 0.15) is 24.2 Å². The van der Waals surface area contributed by atoms with Crippen LogP contribution < -0.4 is 10.6 Å². The molecule has 0 aliphatic heterocycles. The molecular weight excluding hydrogens is 304 g/mol. The van der Waals surface area contributed by atoms with Crippen LogP contribution in [-0.2, 0) is 0 Å². The molecule has 0 atom stereocenters. The zero-order valence-electron chi connectivity index (χ0n) is 13.4. The summed E-state index contributed by atoms with van der Waals surface area (Å²) in [5, 5.41) is 12.9. The minimum absolute atomic E-state index is 0.253. The third kappa shape index (κ3) is 3.57. The van der Waals surface area contributed by atoms with Gasteiger partial charge in [0.05, 0.1) is 23.1 Å². The molecule has 3 aromatic rings. The Morgan fingerprint density at radius 1 is 1.12 bits per heavy atom. The first-order valence-electron chi connectivity index (χ1n) is 7.62. The molecule has 0 spiro atoms. The van der Waals surface area contributed by atoms with Gasteiger partial charge >= 0.3 is 0 Å². The molecule has 0 fully saturated rings. The summed E-state index contributed by atoms with van der Waals surface area (Å²) in [6, 6.07) is 9.34. The van der Waals surface area contributed by atoms with Gasteiger partial charge in [0.15, 0.2) is 0 Å². The smallest absolute Gasteiger partial charge is 0.257 e. The lowest BCUT2D eigenvalue weighted by atomic mass is 10.2. The first kappa shape index (κ1) is 15.7. The van der Waals surface area contributed by atoms with Gasteiger partial charge in [-0.2, -0.15) is 5.10 Å². The molecule has 122 valence electrons. The molecule has 0 radical (unpaired) electrons. The van der Waals surface area contributed by atoms with Crippen LogP contribution in [0.3, 0.4) is 0 Å². The summed E-state index contributed by atoms with van der Waals surface area (Å²) in [6.45, 7) is 4.06. The SMILES string of the molecule is CC(C)Nc1ccc(C(=O)Nc2cn[nH]c2-c2ccccn2)cn1. The molecule has 3 aromatic heterocycles. The minimum Gasteiger partial charge on any atom is -0.368 e. The number of pyridine rings is 2. The van der Waals surface area contributed by atoms with Crippen LogP contribution in [0.2, 0.25) is 0 Å². The number of H-pyrrole nitrogens is 1. The highest BCUT2D eigenvalue weighted by Crippen LogP contribution is 2.23. The third-order valence-corrected chi connectivity index (χ3v) is 3.27. The number of carbonyl (C=O) groups excluding carboxylic acids is 1. The maximum atomic E-state index is 12.4. The van der Waals surface area contributed by atoms with E-state index in [1.807, 2.05) is 32.0 Å². The molecule has 3 heterocycles. The van der Waals surface area contributed by atoms with Gasteiger partial charge in [0, 0.05) is 18.4 Å². The van der Waals surface area contributed by atoms with Gasteiger partial charge in [0.2, 0.25) is 0 Å². The number of hydrogen-bond donors (Lipinski definition) is 3. The maximum absolute atomic E-state index is 12.4. The largest absolute Gasteiger partial charge is 0.368 e. The maximum Gasteiger partial charge on any atom is 0.257 e. The molecule has 3 rings (SSSR count). The highest BCUT2D eigenvalue weighted by Gasteiger charge is 2.13. The summed E-state index contributed by atoms with van der Waals surface area (Å²) in [5.74, 6) is 0.483. The van der Waals surface area contributed by atoms with Crippen LogP contribution in [0, 0.1) is 0 Å². The first-order valence-corrected chi connectivity index (χ1v) is 7.62. The summed E-state index contributed by atoms with van der Waals surface area (Å²) >= 11 is 0. The Bertz CT molecular complexity index is 811. The van der Waals surface area contributed by atoms with Crippen molar-refractivity contribution >= 4 is 17.4 Å². The molecule has 7 heteroatoms. The van der Waals surface area contributed by atoms with Crippen LogP contribution in [0.4, 0.5) is 11.5 Å². The van der Waals surface area contributed by atoms with Gasteiger partial charge in [0.1, 0.15) is 11.5 Å². The number of aromatic nitrogens is 4. The van der Waals surface area contributed by atoms with E-state index >= 15 is 0 Å². The van der Waals surface area contributed by atoms with Gasteiger partial charge in [0.25, 0.3) is 5.91 Å². The van der Waals surface area contributed by atoms with Gasteiger partial charge in [-0.25, -0.2) is 4.98 Å². The molecule has 0 aliphatic carbocycles. The number of rotatable bonds is 5. The van der Waals surface area contributed by atoms with Gasteiger partial charge in [-0.1, -0.05) is 6.07 Å². The van der Waals surface area contributed by atoms with Crippen LogP contribution in [0.5, 0.6) is 0 Å². The van der Waals surface area contributed by atoms with Crippen LogP contribution in [0.25, 0.3) is 11.4 Å². The van der Waals surface area contributed by atoms with E-state index in [4.69, 9.17) is 0 Å². The summed E-state index contributed by atoms with van der Waals surface area (Å²) < 4.78 is 0. The van der Waals surface area contributed by atoms with Crippen molar-refractivity contribution in [2.75, 3.05) is 10.6 Å². The summed E-state index contributed by atoms with van der Waals surface area (Å²) in [7, 11) is 0. The fourth-order valence-corrected chi connectivity index (χ4v) is 2.19. The predicted molar refractivity (Wildman–Crippen MR) is 92.8 cm³/mol. The monoisotopic (exact) mass is 322 g/mol. The van der Waals surface area contributed by atoms with Crippen LogP contribution >= 0.6 is 0 Å². The molecule has 7 nitrogen and oxygen atoms in total. The molecule has 3 N–H and O–H groups in total. The Hall–Kier alpha value is -3.22. The van der Waals surface area contributed by atoms with Crippen LogP contribution in [0.15, 0.2) is 48.9 Å². The Morgan fingerprint density at radius 2 is 2.00 bits per heavy atom. The van der Waals surface area contributed by atoms with Crippen LogP contribution in [-0.4, -0.2) is 32.1 Å². The summed E-state index contributed by atoms with van der Waals surface area (Å²) in [4.78, 5) is 20.9. The highest BCUT2D eigenvalue weighted by atomic mass is 16.1. The van der Waals surface area contributed by atoms with E-state index in [1.165, 1.54) is 0 Å². The Morgan fingerprint density at radius 3 is 2.67 bits per heavy atom. The Balaban J connectivity index is 1.75. The Labute approximate surface area is 139 Å². The first-order chi connectivity index (χ1) is 11.6. The summed E-state index contributed by atoms with van der Waals surface area (Å²) in [5.41, 5.74) is 2.41. The average molecular weight is 322 g/mol. The van der Waals surface area contributed by atoms with E-state index in [0.717, 1.165) is 5.82 Å². The quantitative estimate of drug-likeness (QED) is 0.671. The molecule has 24 heavy (non-hydrogen) atoms. The summed E-state index contributed by atoms with van der Waals surface area (Å²) in [6.07, 6.45) is 4.79. The molecule has 0 aliphatic rings. The second-order valence-electron chi connectivity index (χ2n) is 5.56. The minimum atomic E-state index is -0.253. The number of nitrogens with one attached hydrogen (secondary N) is 3. The van der Waals surface area contributed by atoms with Crippen molar-refractivity contribution in [3.05, 3.63) is 54.5 Å². The fraction of sp³-hybridized carbons (Fsp3) is 0.176. The topological polar surface area (TPSA) is 95.6 Å². The van der Waals surface area contributed by atoms with Gasteiger partial charge in [-0.3, -0.25) is 14.9 Å². The number of anilines is 2. The second kappa shape index (κ2) is 6.91. The van der Waals surface area contributed by atoms with E-state index in [1.54, 1.807) is 30.7 Å². The van der Waals surface area contributed by atoms with Gasteiger partial charge in [-0.15, -0.1) is 0 Å². The fourth-order valence-electron chi connectivity index (χ4n) is 2.19. The predicted octanol–water partition coefficient (Wildman–Crippen LogP) is 2.94. The average Bonchev–Trinajstić information content (AvgIpc) is 3.04. The number of aromatic amines is 1. The van der Waals surface area contributed by atoms with Crippen molar-refractivity contribution < 1.29 is 4.79 Å². The lowest BCUT2D eigenvalue weighted by Gasteiger charge is -2.09. The van der Waals surface area contributed by atoms with Gasteiger partial charge in [-0.05, 0) is 38.1 Å². The lowest BCUT2D eigenvalue weighted by molar-refractivity contribution is 0.102. The van der Waals surface area contributed by atoms with E-state index < -0.39 is 0 Å².